The Hall–Kier alpha value is -3.16. The summed E-state index contributed by atoms with van der Waals surface area (Å²) >= 11 is 0. The quantitative estimate of drug-likeness (QED) is 0.611. The van der Waals surface area contributed by atoms with Gasteiger partial charge in [-0.25, -0.2) is 4.79 Å². The van der Waals surface area contributed by atoms with Crippen LogP contribution in [0.2, 0.25) is 0 Å². The normalized spacial score (nSPS) is 12.3. The first-order valence-electron chi connectivity index (χ1n) is 9.39. The molecule has 158 valence electrons. The molecule has 0 unspecified atom stereocenters. The predicted octanol–water partition coefficient (Wildman–Crippen LogP) is 3.32. The molecule has 0 aliphatic rings. The fraction of sp³-hybridized carbons (Fsp3) is 0.429. The highest BCUT2D eigenvalue weighted by molar-refractivity contribution is 6.05. The number of aromatic hydroxyl groups is 2. The topological polar surface area (TPSA) is 110 Å². The number of aromatic nitrogens is 1. The van der Waals surface area contributed by atoms with E-state index in [0.29, 0.717) is 0 Å². The van der Waals surface area contributed by atoms with Gasteiger partial charge in [0, 0.05) is 5.56 Å². The van der Waals surface area contributed by atoms with E-state index in [9.17, 15) is 19.8 Å². The molecule has 0 aliphatic heterocycles. The third-order valence-electron chi connectivity index (χ3n) is 4.18. The van der Waals surface area contributed by atoms with Crippen molar-refractivity contribution in [1.82, 2.24) is 10.0 Å². The summed E-state index contributed by atoms with van der Waals surface area (Å²) in [5, 5.41) is 23.4. The molecule has 8 nitrogen and oxygen atoms in total. The van der Waals surface area contributed by atoms with Crippen molar-refractivity contribution in [3.63, 3.8) is 0 Å². The number of rotatable bonds is 7. The molecule has 1 aromatic carbocycles. The summed E-state index contributed by atoms with van der Waals surface area (Å²) in [7, 11) is 0. The average Bonchev–Trinajstić information content (AvgIpc) is 2.86. The standard InChI is InChI=1S/C21H28N2O6/c1-6-15(22-20(27)29-21(3,4)5)17(24)16-13(2)18(25)23(19(16)26)28-12-14-10-8-7-9-11-14/h7-11,15,25-26H,6,12H2,1-5H3,(H,22,27)/t15-/m0/s1. The van der Waals surface area contributed by atoms with Gasteiger partial charge in [-0.05, 0) is 39.7 Å². The molecule has 0 radical (unpaired) electrons. The van der Waals surface area contributed by atoms with Crippen molar-refractivity contribution in [2.45, 2.75) is 59.3 Å². The van der Waals surface area contributed by atoms with E-state index >= 15 is 0 Å². The van der Waals surface area contributed by atoms with Gasteiger partial charge >= 0.3 is 6.09 Å². The molecular weight excluding hydrogens is 376 g/mol. The second-order valence-corrected chi connectivity index (χ2v) is 7.67. The molecule has 1 atom stereocenters. The summed E-state index contributed by atoms with van der Waals surface area (Å²) in [5.74, 6) is -1.45. The number of amides is 1. The number of ether oxygens (including phenoxy) is 1. The predicted molar refractivity (Wildman–Crippen MR) is 107 cm³/mol. The van der Waals surface area contributed by atoms with Crippen LogP contribution in [0.4, 0.5) is 4.79 Å². The molecule has 8 heteroatoms. The van der Waals surface area contributed by atoms with Gasteiger partial charge in [0.25, 0.3) is 0 Å². The van der Waals surface area contributed by atoms with Crippen molar-refractivity contribution in [2.75, 3.05) is 0 Å². The van der Waals surface area contributed by atoms with Gasteiger partial charge in [0.05, 0.1) is 11.6 Å². The second kappa shape index (κ2) is 8.89. The summed E-state index contributed by atoms with van der Waals surface area (Å²) in [6, 6.07) is 8.25. The molecule has 0 bridgehead atoms. The number of carbonyl (C=O) groups excluding carboxylic acids is 2. The molecular formula is C21H28N2O6. The molecule has 3 N–H and O–H groups in total. The second-order valence-electron chi connectivity index (χ2n) is 7.67. The van der Waals surface area contributed by atoms with Gasteiger partial charge in [0.1, 0.15) is 12.2 Å². The maximum absolute atomic E-state index is 12.9. The van der Waals surface area contributed by atoms with Crippen LogP contribution in [0.1, 0.15) is 55.6 Å². The lowest BCUT2D eigenvalue weighted by atomic mass is 10.0. The molecule has 2 aromatic rings. The van der Waals surface area contributed by atoms with Crippen LogP contribution in [0.3, 0.4) is 0 Å². The lowest BCUT2D eigenvalue weighted by Crippen LogP contribution is -2.43. The van der Waals surface area contributed by atoms with Crippen molar-refractivity contribution in [1.29, 1.82) is 0 Å². The van der Waals surface area contributed by atoms with Crippen LogP contribution in [0.5, 0.6) is 11.8 Å². The fourth-order valence-electron chi connectivity index (χ4n) is 2.74. The largest absolute Gasteiger partial charge is 0.492 e. The van der Waals surface area contributed by atoms with Crippen molar-refractivity contribution in [2.24, 2.45) is 0 Å². The van der Waals surface area contributed by atoms with E-state index in [1.165, 1.54) is 6.92 Å². The van der Waals surface area contributed by atoms with E-state index < -0.39 is 29.4 Å². The summed E-state index contributed by atoms with van der Waals surface area (Å²) in [6.45, 7) is 8.44. The van der Waals surface area contributed by atoms with E-state index in [0.717, 1.165) is 10.3 Å². The highest BCUT2D eigenvalue weighted by Gasteiger charge is 2.31. The van der Waals surface area contributed by atoms with E-state index in [-0.39, 0.29) is 30.0 Å². The van der Waals surface area contributed by atoms with Crippen LogP contribution in [0.15, 0.2) is 30.3 Å². The Kier molecular flexibility index (Phi) is 6.79. The minimum atomic E-state index is -0.932. The van der Waals surface area contributed by atoms with Gasteiger partial charge in [-0.15, -0.1) is 4.73 Å². The Morgan fingerprint density at radius 3 is 2.31 bits per heavy atom. The minimum absolute atomic E-state index is 0.0804. The molecule has 0 spiro atoms. The first-order chi connectivity index (χ1) is 13.5. The zero-order chi connectivity index (χ0) is 21.8. The maximum atomic E-state index is 12.9. The number of nitrogens with zero attached hydrogens (tertiary/aromatic N) is 1. The summed E-state index contributed by atoms with van der Waals surface area (Å²) in [4.78, 5) is 30.5. The van der Waals surface area contributed by atoms with Crippen molar-refractivity contribution < 1.29 is 29.4 Å². The Morgan fingerprint density at radius 2 is 1.76 bits per heavy atom. The number of alkyl carbamates (subject to hydrolysis) is 1. The van der Waals surface area contributed by atoms with Gasteiger partial charge in [0.2, 0.25) is 11.8 Å². The van der Waals surface area contributed by atoms with Crippen LogP contribution < -0.4 is 10.2 Å². The van der Waals surface area contributed by atoms with Crippen LogP contribution >= 0.6 is 0 Å². The number of hydrogen-bond acceptors (Lipinski definition) is 6. The summed E-state index contributed by atoms with van der Waals surface area (Å²) in [6.07, 6.45) is -0.466. The zero-order valence-electron chi connectivity index (χ0n) is 17.4. The average molecular weight is 404 g/mol. The molecule has 0 saturated carbocycles. The van der Waals surface area contributed by atoms with Gasteiger partial charge in [0.15, 0.2) is 5.78 Å². The zero-order valence-corrected chi connectivity index (χ0v) is 17.4. The molecule has 0 aliphatic carbocycles. The molecule has 1 aromatic heterocycles. The lowest BCUT2D eigenvalue weighted by Gasteiger charge is -2.22. The molecule has 2 rings (SSSR count). The van der Waals surface area contributed by atoms with Crippen molar-refractivity contribution in [3.05, 3.63) is 47.0 Å². The molecule has 1 amide bonds. The smallest absolute Gasteiger partial charge is 0.408 e. The number of Topliss-reactive ketones (excluding diaryl/α,β-unsaturated/α-hetero) is 1. The number of nitrogens with one attached hydrogen (secondary N) is 1. The van der Waals surface area contributed by atoms with E-state index in [2.05, 4.69) is 5.32 Å². The maximum Gasteiger partial charge on any atom is 0.408 e. The Labute approximate surface area is 170 Å². The molecule has 1 heterocycles. The van der Waals surface area contributed by atoms with E-state index in [1.54, 1.807) is 27.7 Å². The number of hydrogen-bond donors (Lipinski definition) is 3. The molecule has 29 heavy (non-hydrogen) atoms. The number of ketones is 1. The third-order valence-corrected chi connectivity index (χ3v) is 4.18. The Bertz CT molecular complexity index is 868. The minimum Gasteiger partial charge on any atom is -0.492 e. The van der Waals surface area contributed by atoms with Crippen LogP contribution in [0, 0.1) is 6.92 Å². The monoisotopic (exact) mass is 404 g/mol. The SMILES string of the molecule is CC[C@H](NC(=O)OC(C)(C)C)C(=O)c1c(C)c(O)n(OCc2ccccc2)c1O. The van der Waals surface area contributed by atoms with Gasteiger partial charge < -0.3 is 25.1 Å². The van der Waals surface area contributed by atoms with Gasteiger partial charge in [-0.1, -0.05) is 37.3 Å². The lowest BCUT2D eigenvalue weighted by molar-refractivity contribution is 0.0487. The molecule has 0 fully saturated rings. The Balaban J connectivity index is 2.21. The fourth-order valence-corrected chi connectivity index (χ4v) is 2.74. The highest BCUT2D eigenvalue weighted by atomic mass is 16.7. The van der Waals surface area contributed by atoms with Crippen LogP contribution in [-0.4, -0.2) is 38.5 Å². The van der Waals surface area contributed by atoms with Crippen LogP contribution in [-0.2, 0) is 11.3 Å². The summed E-state index contributed by atoms with van der Waals surface area (Å²) < 4.78 is 6.00. The first-order valence-corrected chi connectivity index (χ1v) is 9.39. The third kappa shape index (κ3) is 5.43. The first kappa shape index (κ1) is 22.1. The van der Waals surface area contributed by atoms with Crippen molar-refractivity contribution >= 4 is 11.9 Å². The van der Waals surface area contributed by atoms with Crippen molar-refractivity contribution in [3.8, 4) is 11.8 Å². The summed E-state index contributed by atoms with van der Waals surface area (Å²) in [5.41, 5.74) is 0.156. The van der Waals surface area contributed by atoms with Gasteiger partial charge in [-0.2, -0.15) is 0 Å². The number of benzene rings is 1. The highest BCUT2D eigenvalue weighted by Crippen LogP contribution is 2.33. The Morgan fingerprint density at radius 1 is 1.14 bits per heavy atom. The van der Waals surface area contributed by atoms with E-state index in [1.807, 2.05) is 30.3 Å². The van der Waals surface area contributed by atoms with Gasteiger partial charge in [-0.3, -0.25) is 4.79 Å². The van der Waals surface area contributed by atoms with E-state index in [4.69, 9.17) is 9.57 Å². The van der Waals surface area contributed by atoms with Crippen LogP contribution in [0.25, 0.3) is 0 Å². The number of carbonyl (C=O) groups is 2. The molecule has 0 saturated heterocycles.